The van der Waals surface area contributed by atoms with Crippen LogP contribution < -0.4 is 4.74 Å². The molecule has 3 nitrogen and oxygen atoms in total. The molecule has 0 aliphatic carbocycles. The normalized spacial score (nSPS) is 10.9. The Hall–Kier alpha value is -1.48. The van der Waals surface area contributed by atoms with Crippen LogP contribution in [0.1, 0.15) is 19.4 Å². The Kier molecular flexibility index (Phi) is 3.15. The van der Waals surface area contributed by atoms with Crippen molar-refractivity contribution < 1.29 is 9.84 Å². The molecule has 2 aromatic rings. The molecule has 86 valence electrons. The van der Waals surface area contributed by atoms with Gasteiger partial charge in [-0.05, 0) is 37.6 Å². The molecular weight excluding hydrogens is 202 g/mol. The largest absolute Gasteiger partial charge is 0.493 e. The summed E-state index contributed by atoms with van der Waals surface area (Å²) < 4.78 is 7.74. The Balaban J connectivity index is 2.63. The van der Waals surface area contributed by atoms with Crippen LogP contribution in [0.15, 0.2) is 24.4 Å². The zero-order valence-electron chi connectivity index (χ0n) is 9.73. The van der Waals surface area contributed by atoms with Gasteiger partial charge in [-0.15, -0.1) is 0 Å². The van der Waals surface area contributed by atoms with Gasteiger partial charge >= 0.3 is 0 Å². The van der Waals surface area contributed by atoms with Crippen LogP contribution in [0.4, 0.5) is 0 Å². The predicted molar refractivity (Wildman–Crippen MR) is 64.7 cm³/mol. The van der Waals surface area contributed by atoms with Gasteiger partial charge in [-0.25, -0.2) is 0 Å². The van der Waals surface area contributed by atoms with E-state index in [-0.39, 0.29) is 6.61 Å². The molecule has 0 saturated carbocycles. The first kappa shape index (κ1) is 11.0. The van der Waals surface area contributed by atoms with Gasteiger partial charge in [0.2, 0.25) is 0 Å². The van der Waals surface area contributed by atoms with E-state index in [1.807, 2.05) is 25.3 Å². The van der Waals surface area contributed by atoms with Crippen molar-refractivity contribution in [3.05, 3.63) is 30.0 Å². The van der Waals surface area contributed by atoms with Crippen molar-refractivity contribution in [2.45, 2.75) is 27.0 Å². The van der Waals surface area contributed by atoms with Crippen molar-refractivity contribution in [2.24, 2.45) is 0 Å². The molecule has 1 N–H and O–H groups in total. The van der Waals surface area contributed by atoms with Crippen molar-refractivity contribution >= 4 is 10.9 Å². The zero-order valence-corrected chi connectivity index (χ0v) is 9.73. The number of hydrogen-bond donors (Lipinski definition) is 1. The lowest BCUT2D eigenvalue weighted by molar-refractivity contribution is 0.280. The van der Waals surface area contributed by atoms with Crippen LogP contribution in [-0.4, -0.2) is 16.3 Å². The SMILES string of the molecule is CCOc1cc(CO)cc2c1ccn2CC. The van der Waals surface area contributed by atoms with Crippen molar-refractivity contribution in [3.63, 3.8) is 0 Å². The minimum absolute atomic E-state index is 0.0465. The second-order valence-electron chi connectivity index (χ2n) is 3.72. The van der Waals surface area contributed by atoms with Crippen molar-refractivity contribution in [2.75, 3.05) is 6.61 Å². The summed E-state index contributed by atoms with van der Waals surface area (Å²) in [7, 11) is 0. The summed E-state index contributed by atoms with van der Waals surface area (Å²) >= 11 is 0. The van der Waals surface area contributed by atoms with Crippen LogP contribution >= 0.6 is 0 Å². The Morgan fingerprint density at radius 1 is 1.31 bits per heavy atom. The Morgan fingerprint density at radius 2 is 2.12 bits per heavy atom. The van der Waals surface area contributed by atoms with E-state index in [1.165, 1.54) is 0 Å². The molecule has 0 atom stereocenters. The first-order valence-corrected chi connectivity index (χ1v) is 5.65. The van der Waals surface area contributed by atoms with Gasteiger partial charge in [0.05, 0.1) is 18.7 Å². The Morgan fingerprint density at radius 3 is 2.75 bits per heavy atom. The lowest BCUT2D eigenvalue weighted by Crippen LogP contribution is -1.96. The van der Waals surface area contributed by atoms with Gasteiger partial charge < -0.3 is 14.4 Å². The van der Waals surface area contributed by atoms with Gasteiger partial charge in [-0.1, -0.05) is 0 Å². The van der Waals surface area contributed by atoms with Gasteiger partial charge in [0, 0.05) is 18.1 Å². The molecule has 0 bridgehead atoms. The van der Waals surface area contributed by atoms with Crippen molar-refractivity contribution in [1.82, 2.24) is 4.57 Å². The lowest BCUT2D eigenvalue weighted by Gasteiger charge is -2.08. The number of hydrogen-bond acceptors (Lipinski definition) is 2. The molecule has 3 heteroatoms. The molecule has 0 fully saturated rings. The number of aliphatic hydroxyl groups excluding tert-OH is 1. The maximum atomic E-state index is 9.23. The molecule has 0 spiro atoms. The average Bonchev–Trinajstić information content (AvgIpc) is 2.72. The van der Waals surface area contributed by atoms with E-state index in [0.29, 0.717) is 6.61 Å². The second kappa shape index (κ2) is 4.58. The summed E-state index contributed by atoms with van der Waals surface area (Å²) in [6.07, 6.45) is 2.05. The van der Waals surface area contributed by atoms with Crippen molar-refractivity contribution in [1.29, 1.82) is 0 Å². The number of aryl methyl sites for hydroxylation is 1. The Bertz CT molecular complexity index is 488. The number of aromatic nitrogens is 1. The summed E-state index contributed by atoms with van der Waals surface area (Å²) in [5, 5.41) is 10.3. The number of aliphatic hydroxyl groups is 1. The standard InChI is InChI=1S/C13H17NO2/c1-3-14-6-5-11-12(14)7-10(9-15)8-13(11)16-4-2/h5-8,15H,3-4,9H2,1-2H3. The highest BCUT2D eigenvalue weighted by molar-refractivity contribution is 5.87. The fraction of sp³-hybridized carbons (Fsp3) is 0.385. The van der Waals surface area contributed by atoms with E-state index < -0.39 is 0 Å². The van der Waals surface area contributed by atoms with Gasteiger partial charge in [0.25, 0.3) is 0 Å². The predicted octanol–water partition coefficient (Wildman–Crippen LogP) is 2.55. The van der Waals surface area contributed by atoms with Crippen LogP contribution in [0.5, 0.6) is 5.75 Å². The van der Waals surface area contributed by atoms with Gasteiger partial charge in [0.1, 0.15) is 5.75 Å². The van der Waals surface area contributed by atoms with E-state index in [0.717, 1.165) is 28.8 Å². The molecule has 0 unspecified atom stereocenters. The molecule has 1 aromatic heterocycles. The summed E-state index contributed by atoms with van der Waals surface area (Å²) in [6.45, 7) is 5.68. The fourth-order valence-electron chi connectivity index (χ4n) is 1.96. The fourth-order valence-corrected chi connectivity index (χ4v) is 1.96. The highest BCUT2D eigenvalue weighted by Gasteiger charge is 2.08. The number of benzene rings is 1. The molecule has 1 aromatic carbocycles. The maximum Gasteiger partial charge on any atom is 0.129 e. The number of nitrogens with zero attached hydrogens (tertiary/aromatic N) is 1. The molecule has 0 radical (unpaired) electrons. The van der Waals surface area contributed by atoms with Crippen LogP contribution in [0.3, 0.4) is 0 Å². The third-order valence-corrected chi connectivity index (χ3v) is 2.73. The number of ether oxygens (including phenoxy) is 1. The van der Waals surface area contributed by atoms with E-state index in [2.05, 4.69) is 17.6 Å². The van der Waals surface area contributed by atoms with E-state index in [9.17, 15) is 5.11 Å². The molecule has 16 heavy (non-hydrogen) atoms. The first-order chi connectivity index (χ1) is 7.80. The van der Waals surface area contributed by atoms with Gasteiger partial charge in [0.15, 0.2) is 0 Å². The van der Waals surface area contributed by atoms with Crippen molar-refractivity contribution in [3.8, 4) is 5.75 Å². The molecule has 0 aliphatic heterocycles. The van der Waals surface area contributed by atoms with Crippen LogP contribution in [0, 0.1) is 0 Å². The lowest BCUT2D eigenvalue weighted by atomic mass is 10.1. The van der Waals surface area contributed by atoms with Crippen LogP contribution in [0.25, 0.3) is 10.9 Å². The highest BCUT2D eigenvalue weighted by Crippen LogP contribution is 2.28. The minimum Gasteiger partial charge on any atom is -0.493 e. The summed E-state index contributed by atoms with van der Waals surface area (Å²) in [6, 6.07) is 5.98. The quantitative estimate of drug-likeness (QED) is 0.857. The summed E-state index contributed by atoms with van der Waals surface area (Å²) in [5.74, 6) is 0.858. The molecule has 0 saturated heterocycles. The molecule has 1 heterocycles. The van der Waals surface area contributed by atoms with E-state index >= 15 is 0 Å². The Labute approximate surface area is 95.3 Å². The number of fused-ring (bicyclic) bond motifs is 1. The van der Waals surface area contributed by atoms with Gasteiger partial charge in [-0.2, -0.15) is 0 Å². The molecule has 0 aliphatic rings. The van der Waals surface area contributed by atoms with E-state index in [1.54, 1.807) is 0 Å². The summed E-state index contributed by atoms with van der Waals surface area (Å²) in [4.78, 5) is 0. The van der Waals surface area contributed by atoms with Crippen LogP contribution in [-0.2, 0) is 13.2 Å². The monoisotopic (exact) mass is 219 g/mol. The molecule has 0 amide bonds. The number of rotatable bonds is 4. The highest BCUT2D eigenvalue weighted by atomic mass is 16.5. The van der Waals surface area contributed by atoms with E-state index in [4.69, 9.17) is 4.74 Å². The maximum absolute atomic E-state index is 9.23. The minimum atomic E-state index is 0.0465. The smallest absolute Gasteiger partial charge is 0.129 e. The molecule has 2 rings (SSSR count). The molecular formula is C13H17NO2. The third kappa shape index (κ3) is 1.78. The second-order valence-corrected chi connectivity index (χ2v) is 3.72. The summed E-state index contributed by atoms with van der Waals surface area (Å²) in [5.41, 5.74) is 2.02. The van der Waals surface area contributed by atoms with Gasteiger partial charge in [-0.3, -0.25) is 0 Å². The first-order valence-electron chi connectivity index (χ1n) is 5.65. The third-order valence-electron chi connectivity index (χ3n) is 2.73. The van der Waals surface area contributed by atoms with Crippen LogP contribution in [0.2, 0.25) is 0 Å². The zero-order chi connectivity index (χ0) is 11.5. The topological polar surface area (TPSA) is 34.4 Å². The average molecular weight is 219 g/mol.